The highest BCUT2D eigenvalue weighted by molar-refractivity contribution is 9.11. The summed E-state index contributed by atoms with van der Waals surface area (Å²) in [5, 5.41) is 22.2. The van der Waals surface area contributed by atoms with Crippen LogP contribution in [0.5, 0.6) is 11.5 Å². The number of carbonyl (C=O) groups is 2. The van der Waals surface area contributed by atoms with E-state index in [2.05, 4.69) is 37.2 Å². The van der Waals surface area contributed by atoms with Crippen LogP contribution in [0.15, 0.2) is 50.2 Å². The fourth-order valence-corrected chi connectivity index (χ4v) is 5.07. The number of hydrogen-bond acceptors (Lipinski definition) is 6. The average molecular weight is 558 g/mol. The molecule has 1 aliphatic rings. The number of hydrogen-bond donors (Lipinski definition) is 3. The van der Waals surface area contributed by atoms with E-state index in [0.717, 1.165) is 16.2 Å². The number of anilines is 1. The van der Waals surface area contributed by atoms with Gasteiger partial charge in [-0.25, -0.2) is 0 Å². The molecule has 1 saturated heterocycles. The second kappa shape index (κ2) is 9.29. The second-order valence-corrected chi connectivity index (χ2v) is 9.45. The highest BCUT2D eigenvalue weighted by Crippen LogP contribution is 2.37. The lowest BCUT2D eigenvalue weighted by Gasteiger charge is -2.14. The number of amides is 2. The summed E-state index contributed by atoms with van der Waals surface area (Å²) in [6.45, 7) is 0.139. The van der Waals surface area contributed by atoms with Crippen molar-refractivity contribution >= 4 is 83.7 Å². The molecular formula is C19H14Br2N2O4S2. The number of rotatable bonds is 5. The van der Waals surface area contributed by atoms with Crippen molar-refractivity contribution in [1.82, 2.24) is 4.90 Å². The average Bonchev–Trinajstić information content (AvgIpc) is 2.92. The van der Waals surface area contributed by atoms with E-state index in [4.69, 9.17) is 12.2 Å². The van der Waals surface area contributed by atoms with E-state index in [1.54, 1.807) is 30.3 Å². The van der Waals surface area contributed by atoms with Gasteiger partial charge in [-0.2, -0.15) is 0 Å². The van der Waals surface area contributed by atoms with E-state index in [1.807, 2.05) is 0 Å². The molecule has 0 aromatic heterocycles. The summed E-state index contributed by atoms with van der Waals surface area (Å²) in [6, 6.07) is 9.50. The van der Waals surface area contributed by atoms with E-state index < -0.39 is 0 Å². The Morgan fingerprint density at radius 2 is 1.90 bits per heavy atom. The number of aromatic hydroxyl groups is 2. The molecule has 2 aromatic carbocycles. The molecule has 150 valence electrons. The van der Waals surface area contributed by atoms with Gasteiger partial charge in [0.1, 0.15) is 15.8 Å². The van der Waals surface area contributed by atoms with Crippen LogP contribution in [0.3, 0.4) is 0 Å². The van der Waals surface area contributed by atoms with Gasteiger partial charge in [-0.3, -0.25) is 14.5 Å². The third-order valence-corrected chi connectivity index (χ3v) is 6.37. The van der Waals surface area contributed by atoms with Crippen LogP contribution in [0.25, 0.3) is 6.08 Å². The van der Waals surface area contributed by atoms with Crippen LogP contribution in [0, 0.1) is 0 Å². The Morgan fingerprint density at radius 3 is 2.59 bits per heavy atom. The lowest BCUT2D eigenvalue weighted by molar-refractivity contribution is -0.122. The summed E-state index contributed by atoms with van der Waals surface area (Å²) in [5.41, 5.74) is 1.02. The van der Waals surface area contributed by atoms with Crippen molar-refractivity contribution in [3.8, 4) is 11.5 Å². The van der Waals surface area contributed by atoms with Gasteiger partial charge < -0.3 is 15.5 Å². The molecule has 0 aliphatic carbocycles. The van der Waals surface area contributed by atoms with E-state index in [9.17, 15) is 19.8 Å². The van der Waals surface area contributed by atoms with Crippen LogP contribution in [-0.2, 0) is 9.59 Å². The zero-order valence-corrected chi connectivity index (χ0v) is 19.5. The van der Waals surface area contributed by atoms with Gasteiger partial charge in [0.15, 0.2) is 0 Å². The molecule has 1 aliphatic heterocycles. The molecule has 2 amide bonds. The molecule has 0 atom stereocenters. The molecule has 6 nitrogen and oxygen atoms in total. The smallest absolute Gasteiger partial charge is 0.266 e. The maximum atomic E-state index is 12.7. The molecule has 0 radical (unpaired) electrons. The van der Waals surface area contributed by atoms with Crippen molar-refractivity contribution in [3.05, 3.63) is 55.8 Å². The van der Waals surface area contributed by atoms with E-state index in [-0.39, 0.29) is 36.3 Å². The van der Waals surface area contributed by atoms with Crippen molar-refractivity contribution in [2.24, 2.45) is 0 Å². The van der Waals surface area contributed by atoms with Crippen LogP contribution in [0.2, 0.25) is 0 Å². The first-order chi connectivity index (χ1) is 13.7. The maximum Gasteiger partial charge on any atom is 0.266 e. The van der Waals surface area contributed by atoms with Crippen LogP contribution in [-0.4, -0.2) is 37.8 Å². The molecule has 3 rings (SSSR count). The number of carbonyl (C=O) groups excluding carboxylic acids is 2. The van der Waals surface area contributed by atoms with Gasteiger partial charge in [-0.15, -0.1) is 0 Å². The van der Waals surface area contributed by atoms with Gasteiger partial charge in [0.2, 0.25) is 5.91 Å². The minimum absolute atomic E-state index is 0.0201. The number of benzene rings is 2. The van der Waals surface area contributed by atoms with E-state index >= 15 is 0 Å². The van der Waals surface area contributed by atoms with Crippen molar-refractivity contribution < 1.29 is 19.8 Å². The van der Waals surface area contributed by atoms with Crippen LogP contribution in [0.1, 0.15) is 12.0 Å². The monoisotopic (exact) mass is 556 g/mol. The zero-order valence-electron chi connectivity index (χ0n) is 14.7. The Balaban J connectivity index is 1.66. The predicted molar refractivity (Wildman–Crippen MR) is 125 cm³/mol. The summed E-state index contributed by atoms with van der Waals surface area (Å²) in [4.78, 5) is 26.6. The van der Waals surface area contributed by atoms with E-state index in [1.165, 1.54) is 17.0 Å². The second-order valence-electron chi connectivity index (χ2n) is 6.00. The number of nitrogens with zero attached hydrogens (tertiary/aromatic N) is 1. The van der Waals surface area contributed by atoms with Crippen molar-refractivity contribution in [1.29, 1.82) is 0 Å². The van der Waals surface area contributed by atoms with Gasteiger partial charge in [0.25, 0.3) is 5.91 Å². The molecule has 10 heteroatoms. The first-order valence-electron chi connectivity index (χ1n) is 8.27. The normalized spacial score (nSPS) is 15.2. The van der Waals surface area contributed by atoms with Crippen molar-refractivity contribution in [2.75, 3.05) is 11.9 Å². The zero-order chi connectivity index (χ0) is 21.1. The Kier molecular flexibility index (Phi) is 6.99. The third-order valence-electron chi connectivity index (χ3n) is 3.93. The Morgan fingerprint density at radius 1 is 1.21 bits per heavy atom. The lowest BCUT2D eigenvalue weighted by atomic mass is 10.2. The molecule has 0 spiro atoms. The molecule has 29 heavy (non-hydrogen) atoms. The summed E-state index contributed by atoms with van der Waals surface area (Å²) >= 11 is 13.0. The van der Waals surface area contributed by atoms with Gasteiger partial charge in [0.05, 0.1) is 9.38 Å². The topological polar surface area (TPSA) is 89.9 Å². The van der Waals surface area contributed by atoms with Gasteiger partial charge in [-0.1, -0.05) is 39.9 Å². The van der Waals surface area contributed by atoms with Gasteiger partial charge in [0, 0.05) is 28.7 Å². The highest BCUT2D eigenvalue weighted by atomic mass is 79.9. The molecule has 3 N–H and O–H groups in total. The Labute approximate surface area is 193 Å². The highest BCUT2D eigenvalue weighted by Gasteiger charge is 2.32. The van der Waals surface area contributed by atoms with E-state index in [0.29, 0.717) is 24.9 Å². The molecular weight excluding hydrogens is 544 g/mol. The minimum Gasteiger partial charge on any atom is -0.508 e. The quantitative estimate of drug-likeness (QED) is 0.276. The fourth-order valence-electron chi connectivity index (χ4n) is 2.51. The van der Waals surface area contributed by atoms with Crippen LogP contribution >= 0.6 is 55.8 Å². The van der Waals surface area contributed by atoms with Crippen molar-refractivity contribution in [3.63, 3.8) is 0 Å². The maximum absolute atomic E-state index is 12.7. The van der Waals surface area contributed by atoms with Gasteiger partial charge in [-0.05, 0) is 58.4 Å². The van der Waals surface area contributed by atoms with Gasteiger partial charge >= 0.3 is 0 Å². The number of phenolic OH excluding ortho intramolecular Hbond substituents is 2. The summed E-state index contributed by atoms with van der Waals surface area (Å²) in [7, 11) is 0. The molecule has 1 fully saturated rings. The summed E-state index contributed by atoms with van der Waals surface area (Å²) in [6.07, 6.45) is 1.63. The summed E-state index contributed by atoms with van der Waals surface area (Å²) < 4.78 is 1.60. The molecule has 0 saturated carbocycles. The molecule has 2 aromatic rings. The largest absolute Gasteiger partial charge is 0.508 e. The number of nitrogens with one attached hydrogen (secondary N) is 1. The standard InChI is InChI=1S/C19H14Br2N2O4S2/c20-11-7-10(17(26)14(21)9-11)8-15-18(27)23(19(28)29-15)6-5-16(25)22-12-1-3-13(24)4-2-12/h1-4,7-9,24,26H,5-6H2,(H,22,25)/b15-8-. The third kappa shape index (κ3) is 5.39. The summed E-state index contributed by atoms with van der Waals surface area (Å²) in [5.74, 6) is -0.460. The number of phenols is 2. The molecule has 0 unspecified atom stereocenters. The number of halogens is 2. The fraction of sp³-hybridized carbons (Fsp3) is 0.105. The Hall–Kier alpha value is -1.88. The molecule has 1 heterocycles. The number of thioether (sulfide) groups is 1. The lowest BCUT2D eigenvalue weighted by Crippen LogP contribution is -2.31. The molecule has 0 bridgehead atoms. The van der Waals surface area contributed by atoms with Crippen molar-refractivity contribution in [2.45, 2.75) is 6.42 Å². The Bertz CT molecular complexity index is 1030. The SMILES string of the molecule is O=C(CCN1C(=O)/C(=C/c2cc(Br)cc(Br)c2O)SC1=S)Nc1ccc(O)cc1. The first-order valence-corrected chi connectivity index (χ1v) is 11.1. The predicted octanol–water partition coefficient (Wildman–Crippen LogP) is 4.85. The first kappa shape index (κ1) is 21.8. The minimum atomic E-state index is -0.312. The van der Waals surface area contributed by atoms with Crippen LogP contribution in [0.4, 0.5) is 5.69 Å². The van der Waals surface area contributed by atoms with Crippen LogP contribution < -0.4 is 5.32 Å². The number of thiocarbonyl (C=S) groups is 1.